The van der Waals surface area contributed by atoms with Crippen LogP contribution in [0.4, 0.5) is 0 Å². The highest BCUT2D eigenvalue weighted by Crippen LogP contribution is 2.23. The average Bonchev–Trinajstić information content (AvgIpc) is 3.02. The summed E-state index contributed by atoms with van der Waals surface area (Å²) in [7, 11) is 0. The predicted octanol–water partition coefficient (Wildman–Crippen LogP) is 5.46. The molecule has 0 N–H and O–H groups in total. The van der Waals surface area contributed by atoms with Crippen molar-refractivity contribution in [1.82, 2.24) is 19.7 Å². The van der Waals surface area contributed by atoms with Gasteiger partial charge in [0, 0.05) is 11.9 Å². The van der Waals surface area contributed by atoms with Crippen molar-refractivity contribution in [2.24, 2.45) is 4.99 Å². The molecule has 2 aromatic heterocycles. The lowest BCUT2D eigenvalue weighted by Crippen LogP contribution is -2.11. The third-order valence-electron chi connectivity index (χ3n) is 4.71. The van der Waals surface area contributed by atoms with Crippen LogP contribution < -0.4 is 0 Å². The van der Waals surface area contributed by atoms with Gasteiger partial charge in [0.1, 0.15) is 16.7 Å². The lowest BCUT2D eigenvalue weighted by Gasteiger charge is -2.19. The van der Waals surface area contributed by atoms with Gasteiger partial charge in [-0.25, -0.2) is 19.6 Å². The normalized spacial score (nSPS) is 12.3. The molecule has 5 nitrogen and oxygen atoms in total. The number of rotatable bonds is 5. The van der Waals surface area contributed by atoms with E-state index in [0.717, 1.165) is 22.7 Å². The quantitative estimate of drug-likeness (QED) is 0.416. The maximum absolute atomic E-state index is 5.97. The van der Waals surface area contributed by atoms with Crippen molar-refractivity contribution in [2.45, 2.75) is 46.6 Å². The third-order valence-corrected chi connectivity index (χ3v) is 4.92. The van der Waals surface area contributed by atoms with Gasteiger partial charge in [-0.15, -0.1) is 5.10 Å². The van der Waals surface area contributed by atoms with Crippen molar-refractivity contribution in [2.75, 3.05) is 0 Å². The maximum atomic E-state index is 5.97. The molecule has 0 radical (unpaired) electrons. The van der Waals surface area contributed by atoms with Crippen molar-refractivity contribution in [3.63, 3.8) is 0 Å². The predicted molar refractivity (Wildman–Crippen MR) is 119 cm³/mol. The highest BCUT2D eigenvalue weighted by atomic mass is 35.5. The lowest BCUT2D eigenvalue weighted by molar-refractivity contribution is 0.590. The second-order valence-electron chi connectivity index (χ2n) is 8.10. The number of aryl methyl sites for hydroxylation is 1. The first-order valence-electron chi connectivity index (χ1n) is 9.51. The molecule has 0 aliphatic heterocycles. The van der Waals surface area contributed by atoms with E-state index in [1.807, 2.05) is 30.7 Å². The molecule has 0 aliphatic carbocycles. The highest BCUT2D eigenvalue weighted by molar-refractivity contribution is 6.29. The smallest absolute Gasteiger partial charge is 0.199 e. The Balaban J connectivity index is 1.78. The summed E-state index contributed by atoms with van der Waals surface area (Å²) in [4.78, 5) is 13.2. The molecular weight excluding hydrogens is 382 g/mol. The van der Waals surface area contributed by atoms with Gasteiger partial charge in [0.15, 0.2) is 5.82 Å². The summed E-state index contributed by atoms with van der Waals surface area (Å²) in [5.74, 6) is 1.31. The molecule has 1 aromatic carbocycles. The van der Waals surface area contributed by atoms with Crippen LogP contribution in [-0.2, 0) is 12.0 Å². The summed E-state index contributed by atoms with van der Waals surface area (Å²) in [6.07, 6.45) is 1.68. The van der Waals surface area contributed by atoms with Gasteiger partial charge in [0.05, 0.1) is 6.54 Å². The van der Waals surface area contributed by atoms with Crippen LogP contribution in [0.3, 0.4) is 0 Å². The van der Waals surface area contributed by atoms with Gasteiger partial charge in [0.2, 0.25) is 0 Å². The largest absolute Gasteiger partial charge is 0.250 e. The Morgan fingerprint density at radius 1 is 1.17 bits per heavy atom. The van der Waals surface area contributed by atoms with E-state index in [0.29, 0.717) is 23.2 Å². The molecule has 3 aromatic rings. The molecule has 0 unspecified atom stereocenters. The molecule has 0 amide bonds. The first-order chi connectivity index (χ1) is 13.6. The van der Waals surface area contributed by atoms with E-state index in [1.165, 1.54) is 5.56 Å². The number of aliphatic imine (C=N–C) groups is 1. The zero-order valence-electron chi connectivity index (χ0n) is 17.6. The van der Waals surface area contributed by atoms with E-state index >= 15 is 0 Å². The molecule has 0 fully saturated rings. The van der Waals surface area contributed by atoms with Gasteiger partial charge in [-0.1, -0.05) is 63.2 Å². The van der Waals surface area contributed by atoms with E-state index in [9.17, 15) is 0 Å². The molecular formula is C23H26ClN5. The van der Waals surface area contributed by atoms with Crippen LogP contribution in [0.15, 0.2) is 54.2 Å². The van der Waals surface area contributed by atoms with E-state index < -0.39 is 0 Å². The molecule has 3 rings (SSSR count). The Labute approximate surface area is 177 Å². The Morgan fingerprint density at radius 3 is 2.48 bits per heavy atom. The second kappa shape index (κ2) is 8.29. The summed E-state index contributed by atoms with van der Waals surface area (Å²) in [6, 6.07) is 12.2. The zero-order chi connectivity index (χ0) is 21.2. The number of halogens is 1. The molecule has 0 saturated heterocycles. The number of hydrogen-bond donors (Lipinski definition) is 0. The average molecular weight is 408 g/mol. The Hall–Kier alpha value is -2.79. The molecule has 0 atom stereocenters. The van der Waals surface area contributed by atoms with Gasteiger partial charge >= 0.3 is 0 Å². The summed E-state index contributed by atoms with van der Waals surface area (Å²) in [5.41, 5.74) is 4.90. The monoisotopic (exact) mass is 407 g/mol. The van der Waals surface area contributed by atoms with Crippen LogP contribution in [0.1, 0.15) is 56.0 Å². The standard InChI is InChI=1S/C23H26ClN5/c1-15(19-7-9-20(10-8-19)23(4,5)6)26-16(2)22-27-17(3)29(28-22)14-18-11-12-25-21(24)13-18/h7-13H,2,14H2,1,3-6H3. The van der Waals surface area contributed by atoms with Gasteiger partial charge < -0.3 is 0 Å². The molecule has 150 valence electrons. The number of nitrogens with zero attached hydrogens (tertiary/aromatic N) is 5. The second-order valence-corrected chi connectivity index (χ2v) is 8.49. The van der Waals surface area contributed by atoms with Crippen LogP contribution in [0.5, 0.6) is 0 Å². The minimum Gasteiger partial charge on any atom is -0.250 e. The lowest BCUT2D eigenvalue weighted by atomic mass is 9.86. The molecule has 2 heterocycles. The summed E-state index contributed by atoms with van der Waals surface area (Å²) in [6.45, 7) is 15.1. The SMILES string of the molecule is C=C(N=C(C)c1ccc(C(C)(C)C)cc1)c1nc(C)n(Cc2ccnc(Cl)c2)n1. The van der Waals surface area contributed by atoms with Crippen molar-refractivity contribution in [1.29, 1.82) is 0 Å². The number of benzene rings is 1. The minimum atomic E-state index is 0.125. The first kappa shape index (κ1) is 20.9. The molecule has 0 saturated carbocycles. The summed E-state index contributed by atoms with van der Waals surface area (Å²) in [5, 5.41) is 5.02. The molecule has 6 heteroatoms. The summed E-state index contributed by atoms with van der Waals surface area (Å²) >= 11 is 5.97. The minimum absolute atomic E-state index is 0.125. The summed E-state index contributed by atoms with van der Waals surface area (Å²) < 4.78 is 1.81. The molecule has 0 aliphatic rings. The first-order valence-corrected chi connectivity index (χ1v) is 9.88. The fourth-order valence-corrected chi connectivity index (χ4v) is 3.13. The van der Waals surface area contributed by atoms with E-state index in [2.05, 4.69) is 71.7 Å². The van der Waals surface area contributed by atoms with Crippen LogP contribution in [0, 0.1) is 6.92 Å². The Bertz CT molecular complexity index is 1060. The van der Waals surface area contributed by atoms with Crippen molar-refractivity contribution in [3.8, 4) is 0 Å². The Morgan fingerprint density at radius 2 is 1.86 bits per heavy atom. The fraction of sp³-hybridized carbons (Fsp3) is 0.304. The molecule has 0 bridgehead atoms. The van der Waals surface area contributed by atoms with Crippen LogP contribution in [0.2, 0.25) is 5.15 Å². The maximum Gasteiger partial charge on any atom is 0.199 e. The van der Waals surface area contributed by atoms with E-state index in [-0.39, 0.29) is 5.41 Å². The van der Waals surface area contributed by atoms with Gasteiger partial charge in [0.25, 0.3) is 0 Å². The van der Waals surface area contributed by atoms with Crippen LogP contribution in [0.25, 0.3) is 5.70 Å². The number of pyridine rings is 1. The molecule has 0 spiro atoms. The van der Waals surface area contributed by atoms with E-state index in [4.69, 9.17) is 11.6 Å². The van der Waals surface area contributed by atoms with Gasteiger partial charge in [-0.2, -0.15) is 0 Å². The van der Waals surface area contributed by atoms with Crippen molar-refractivity contribution in [3.05, 3.63) is 82.7 Å². The van der Waals surface area contributed by atoms with Crippen molar-refractivity contribution < 1.29 is 0 Å². The van der Waals surface area contributed by atoms with Crippen LogP contribution >= 0.6 is 11.6 Å². The van der Waals surface area contributed by atoms with E-state index in [1.54, 1.807) is 6.20 Å². The Kier molecular flexibility index (Phi) is 5.99. The number of aromatic nitrogens is 4. The molecule has 29 heavy (non-hydrogen) atoms. The van der Waals surface area contributed by atoms with Crippen molar-refractivity contribution >= 4 is 23.0 Å². The van der Waals surface area contributed by atoms with Gasteiger partial charge in [-0.05, 0) is 48.1 Å². The number of hydrogen-bond acceptors (Lipinski definition) is 4. The zero-order valence-corrected chi connectivity index (χ0v) is 18.3. The fourth-order valence-electron chi connectivity index (χ4n) is 2.93. The highest BCUT2D eigenvalue weighted by Gasteiger charge is 2.14. The topological polar surface area (TPSA) is 56.0 Å². The van der Waals surface area contributed by atoms with Gasteiger partial charge in [-0.3, -0.25) is 0 Å². The van der Waals surface area contributed by atoms with Crippen LogP contribution in [-0.4, -0.2) is 25.5 Å². The third kappa shape index (κ3) is 5.18.